The van der Waals surface area contributed by atoms with Crippen LogP contribution in [0.1, 0.15) is 37.7 Å². The third-order valence-electron chi connectivity index (χ3n) is 8.14. The summed E-state index contributed by atoms with van der Waals surface area (Å²) in [5, 5.41) is 3.37. The van der Waals surface area contributed by atoms with Gasteiger partial charge in [-0.2, -0.15) is 0 Å². The molecule has 2 aliphatic heterocycles. The maximum Gasteiger partial charge on any atom is 0.261 e. The molecule has 10 heteroatoms. The van der Waals surface area contributed by atoms with Gasteiger partial charge in [0.05, 0.1) is 16.5 Å². The molecule has 0 bridgehead atoms. The molecule has 0 spiro atoms. The number of benzene rings is 2. The van der Waals surface area contributed by atoms with Crippen LogP contribution in [0.3, 0.4) is 0 Å². The first-order chi connectivity index (χ1) is 19.9. The molecule has 3 fully saturated rings. The lowest BCUT2D eigenvalue weighted by Crippen LogP contribution is -2.54. The number of halogens is 2. The summed E-state index contributed by atoms with van der Waals surface area (Å²) in [4.78, 5) is 33.8. The summed E-state index contributed by atoms with van der Waals surface area (Å²) in [5.41, 5.74) is 1.98. The van der Waals surface area contributed by atoms with Crippen LogP contribution >= 0.6 is 27.7 Å². The zero-order valence-electron chi connectivity index (χ0n) is 23.5. The molecule has 1 N–H and O–H groups in total. The van der Waals surface area contributed by atoms with Crippen molar-refractivity contribution in [3.63, 3.8) is 0 Å². The Hall–Kier alpha value is -2.56. The van der Waals surface area contributed by atoms with Gasteiger partial charge in [-0.3, -0.25) is 14.5 Å². The van der Waals surface area contributed by atoms with Crippen LogP contribution in [0.4, 0.5) is 10.1 Å². The fraction of sp³-hybridized carbons (Fsp3) is 0.484. The third-order valence-corrected chi connectivity index (χ3v) is 10.2. The van der Waals surface area contributed by atoms with Gasteiger partial charge in [0.25, 0.3) is 5.91 Å². The summed E-state index contributed by atoms with van der Waals surface area (Å²) < 4.78 is 19.4. The minimum Gasteiger partial charge on any atom is -0.496 e. The van der Waals surface area contributed by atoms with E-state index in [1.807, 2.05) is 41.3 Å². The highest BCUT2D eigenvalue weighted by molar-refractivity contribution is 9.10. The average molecular weight is 646 g/mol. The Labute approximate surface area is 254 Å². The van der Waals surface area contributed by atoms with Crippen molar-refractivity contribution in [2.45, 2.75) is 43.4 Å². The van der Waals surface area contributed by atoms with E-state index in [1.54, 1.807) is 18.9 Å². The monoisotopic (exact) mass is 644 g/mol. The standard InChI is InChI=1S/C31H38BrFN4O3S/c1-40-27-12-7-22(19-25(27)32)20-29-31(39)37(26-5-2-3-6-28(26)41-29)21-30(38)34-13-4-14-35-15-17-36(18-16-35)24-10-8-23(33)9-11-24/h7-12,19-20,26,28H,2-6,13-18,21H2,1H3,(H,34,38)/b29-20+. The first-order valence-electron chi connectivity index (χ1n) is 14.4. The van der Waals surface area contributed by atoms with E-state index in [2.05, 4.69) is 31.0 Å². The maximum atomic E-state index is 13.6. The minimum atomic E-state index is -0.213. The van der Waals surface area contributed by atoms with Gasteiger partial charge in [-0.1, -0.05) is 18.9 Å². The molecule has 1 saturated carbocycles. The number of methoxy groups -OCH3 is 1. The van der Waals surface area contributed by atoms with E-state index in [0.717, 1.165) is 86.3 Å². The molecule has 2 aromatic carbocycles. The third kappa shape index (κ3) is 7.64. The van der Waals surface area contributed by atoms with Crippen LogP contribution in [0.2, 0.25) is 0 Å². The van der Waals surface area contributed by atoms with Gasteiger partial charge in [0, 0.05) is 49.7 Å². The maximum absolute atomic E-state index is 13.6. The second-order valence-electron chi connectivity index (χ2n) is 10.9. The number of hydrogen-bond donors (Lipinski definition) is 1. The molecule has 220 valence electrons. The molecule has 2 saturated heterocycles. The highest BCUT2D eigenvalue weighted by Crippen LogP contribution is 2.42. The molecule has 2 atom stereocenters. The van der Waals surface area contributed by atoms with Gasteiger partial charge in [0.2, 0.25) is 5.91 Å². The Morgan fingerprint density at radius 3 is 2.61 bits per heavy atom. The topological polar surface area (TPSA) is 65.1 Å². The summed E-state index contributed by atoms with van der Waals surface area (Å²) >= 11 is 5.20. The molecule has 0 radical (unpaired) electrons. The number of anilines is 1. The molecule has 2 aromatic rings. The molecule has 2 amide bonds. The quantitative estimate of drug-likeness (QED) is 0.301. The molecule has 3 aliphatic rings. The van der Waals surface area contributed by atoms with E-state index in [4.69, 9.17) is 4.74 Å². The van der Waals surface area contributed by atoms with Crippen LogP contribution in [0.25, 0.3) is 6.08 Å². The molecule has 41 heavy (non-hydrogen) atoms. The highest BCUT2D eigenvalue weighted by atomic mass is 79.9. The highest BCUT2D eigenvalue weighted by Gasteiger charge is 2.41. The van der Waals surface area contributed by atoms with Crippen LogP contribution in [-0.4, -0.2) is 85.8 Å². The molecular weight excluding hydrogens is 607 g/mol. The number of nitrogens with zero attached hydrogens (tertiary/aromatic N) is 3. The second-order valence-corrected chi connectivity index (χ2v) is 13.0. The van der Waals surface area contributed by atoms with Gasteiger partial charge in [-0.25, -0.2) is 4.39 Å². The van der Waals surface area contributed by atoms with Crippen molar-refractivity contribution in [3.05, 3.63) is 63.2 Å². The number of carbonyl (C=O) groups excluding carboxylic acids is 2. The summed E-state index contributed by atoms with van der Waals surface area (Å²) in [6, 6.07) is 12.6. The molecule has 2 heterocycles. The number of amides is 2. The largest absolute Gasteiger partial charge is 0.496 e. The number of rotatable bonds is 9. The normalized spacial score (nSPS) is 22.5. The van der Waals surface area contributed by atoms with Crippen LogP contribution < -0.4 is 15.0 Å². The van der Waals surface area contributed by atoms with Gasteiger partial charge < -0.3 is 19.9 Å². The van der Waals surface area contributed by atoms with Crippen LogP contribution in [-0.2, 0) is 9.59 Å². The number of fused-ring (bicyclic) bond motifs is 1. The van der Waals surface area contributed by atoms with Gasteiger partial charge in [-0.15, -0.1) is 11.8 Å². The zero-order chi connectivity index (χ0) is 28.8. The van der Waals surface area contributed by atoms with Crippen molar-refractivity contribution in [2.24, 2.45) is 0 Å². The van der Waals surface area contributed by atoms with Crippen LogP contribution in [0.15, 0.2) is 51.8 Å². The number of piperazine rings is 1. The molecule has 5 rings (SSSR count). The van der Waals surface area contributed by atoms with Gasteiger partial charge in [0.15, 0.2) is 0 Å². The smallest absolute Gasteiger partial charge is 0.261 e. The lowest BCUT2D eigenvalue weighted by atomic mass is 9.93. The molecule has 0 aromatic heterocycles. The van der Waals surface area contributed by atoms with Crippen molar-refractivity contribution in [1.82, 2.24) is 15.1 Å². The number of thioether (sulfide) groups is 1. The number of hydrogen-bond acceptors (Lipinski definition) is 6. The fourth-order valence-corrected chi connectivity index (χ4v) is 7.94. The summed E-state index contributed by atoms with van der Waals surface area (Å²) in [6.07, 6.45) is 7.03. The van der Waals surface area contributed by atoms with Crippen molar-refractivity contribution in [2.75, 3.05) is 57.8 Å². The van der Waals surface area contributed by atoms with E-state index >= 15 is 0 Å². The molecule has 2 unspecified atom stereocenters. The van der Waals surface area contributed by atoms with Crippen LogP contribution in [0, 0.1) is 5.82 Å². The first kappa shape index (κ1) is 29.9. The molecular formula is C31H38BrFN4O3S. The van der Waals surface area contributed by atoms with Crippen molar-refractivity contribution < 1.29 is 18.7 Å². The lowest BCUT2D eigenvalue weighted by molar-refractivity contribution is -0.135. The Balaban J connectivity index is 1.11. The first-order valence-corrected chi connectivity index (χ1v) is 16.1. The van der Waals surface area contributed by atoms with Crippen molar-refractivity contribution >= 4 is 51.3 Å². The Bertz CT molecular complexity index is 1250. The van der Waals surface area contributed by atoms with Crippen LogP contribution in [0.5, 0.6) is 5.75 Å². The predicted octanol–water partition coefficient (Wildman–Crippen LogP) is 5.15. The number of ether oxygens (including phenoxy) is 1. The Kier molecular flexibility index (Phi) is 10.3. The van der Waals surface area contributed by atoms with E-state index in [1.165, 1.54) is 12.1 Å². The van der Waals surface area contributed by atoms with E-state index < -0.39 is 0 Å². The molecule has 7 nitrogen and oxygen atoms in total. The van der Waals surface area contributed by atoms with Gasteiger partial charge >= 0.3 is 0 Å². The minimum absolute atomic E-state index is 0.0562. The fourth-order valence-electron chi connectivity index (χ4n) is 5.91. The average Bonchev–Trinajstić information content (AvgIpc) is 2.98. The van der Waals surface area contributed by atoms with E-state index in [-0.39, 0.29) is 30.2 Å². The number of nitrogens with one attached hydrogen (secondary N) is 1. The van der Waals surface area contributed by atoms with Crippen molar-refractivity contribution in [1.29, 1.82) is 0 Å². The second kappa shape index (κ2) is 14.1. The number of carbonyl (C=O) groups is 2. The predicted molar refractivity (Wildman–Crippen MR) is 167 cm³/mol. The molecule has 1 aliphatic carbocycles. The Morgan fingerprint density at radius 2 is 1.88 bits per heavy atom. The SMILES string of the molecule is COc1ccc(/C=C2/SC3CCCCC3N(CC(=O)NCCCN3CCN(c4ccc(F)cc4)CC3)C2=O)cc1Br. The van der Waals surface area contributed by atoms with E-state index in [9.17, 15) is 14.0 Å². The summed E-state index contributed by atoms with van der Waals surface area (Å²) in [7, 11) is 1.63. The summed E-state index contributed by atoms with van der Waals surface area (Å²) in [5.74, 6) is 0.379. The van der Waals surface area contributed by atoms with E-state index in [0.29, 0.717) is 16.7 Å². The Morgan fingerprint density at radius 1 is 1.12 bits per heavy atom. The summed E-state index contributed by atoms with van der Waals surface area (Å²) in [6.45, 7) is 5.27. The lowest BCUT2D eigenvalue weighted by Gasteiger charge is -2.43. The van der Waals surface area contributed by atoms with Gasteiger partial charge in [-0.05, 0) is 89.8 Å². The zero-order valence-corrected chi connectivity index (χ0v) is 25.9. The van der Waals surface area contributed by atoms with Gasteiger partial charge in [0.1, 0.15) is 18.1 Å². The van der Waals surface area contributed by atoms with Crippen molar-refractivity contribution in [3.8, 4) is 5.75 Å².